The number of fused-ring (bicyclic) bond motifs is 1. The molecule has 0 aliphatic heterocycles. The molecule has 3 rings (SSSR count). The Balaban J connectivity index is 1.98. The summed E-state index contributed by atoms with van der Waals surface area (Å²) in [5.41, 5.74) is 10.5. The van der Waals surface area contributed by atoms with Crippen molar-refractivity contribution in [2.24, 2.45) is 0 Å². The summed E-state index contributed by atoms with van der Waals surface area (Å²) in [5.74, 6) is 1.20. The van der Waals surface area contributed by atoms with Gasteiger partial charge in [0, 0.05) is 11.3 Å². The molecule has 3 nitrogen and oxygen atoms in total. The zero-order valence-corrected chi connectivity index (χ0v) is 12.5. The first-order valence-corrected chi connectivity index (χ1v) is 7.43. The van der Waals surface area contributed by atoms with Crippen molar-refractivity contribution in [3.05, 3.63) is 48.0 Å². The number of hydrogen-bond acceptors (Lipinski definition) is 3. The van der Waals surface area contributed by atoms with Crippen molar-refractivity contribution >= 4 is 16.8 Å². The average molecular weight is 280 g/mol. The summed E-state index contributed by atoms with van der Waals surface area (Å²) < 4.78 is 5.84. The number of benzene rings is 2. The van der Waals surface area contributed by atoms with Crippen molar-refractivity contribution in [2.45, 2.75) is 32.6 Å². The third-order valence-corrected chi connectivity index (χ3v) is 3.86. The molecule has 0 unspecified atom stereocenters. The molecule has 2 N–H and O–H groups in total. The summed E-state index contributed by atoms with van der Waals surface area (Å²) in [6.07, 6.45) is 2.38. The molecule has 0 saturated heterocycles. The number of nitrogens with zero attached hydrogens (tertiary/aromatic N) is 1. The molecule has 3 heteroatoms. The van der Waals surface area contributed by atoms with Crippen molar-refractivity contribution in [3.63, 3.8) is 0 Å². The van der Waals surface area contributed by atoms with E-state index in [4.69, 9.17) is 10.2 Å². The van der Waals surface area contributed by atoms with Gasteiger partial charge in [0.1, 0.15) is 5.52 Å². The molecule has 1 aromatic heterocycles. The maximum absolute atomic E-state index is 5.84. The van der Waals surface area contributed by atoms with Gasteiger partial charge in [0.2, 0.25) is 5.89 Å². The molecule has 2 aromatic carbocycles. The highest BCUT2D eigenvalue weighted by Crippen LogP contribution is 2.28. The predicted octanol–water partition coefficient (Wildman–Crippen LogP) is 4.98. The van der Waals surface area contributed by atoms with Gasteiger partial charge < -0.3 is 10.2 Å². The minimum Gasteiger partial charge on any atom is -0.436 e. The number of aromatic nitrogens is 1. The number of anilines is 1. The summed E-state index contributed by atoms with van der Waals surface area (Å²) >= 11 is 0. The molecule has 0 amide bonds. The van der Waals surface area contributed by atoms with Crippen LogP contribution in [0.1, 0.15) is 38.2 Å². The van der Waals surface area contributed by atoms with E-state index in [2.05, 4.69) is 31.0 Å². The molecule has 1 heterocycles. The van der Waals surface area contributed by atoms with Gasteiger partial charge in [0.25, 0.3) is 0 Å². The van der Waals surface area contributed by atoms with Crippen LogP contribution in [0.15, 0.2) is 46.9 Å². The molecular formula is C18H20N2O. The molecule has 0 bridgehead atoms. The minimum atomic E-state index is 0.552. The largest absolute Gasteiger partial charge is 0.436 e. The predicted molar refractivity (Wildman–Crippen MR) is 87.2 cm³/mol. The Kier molecular flexibility index (Phi) is 3.65. The molecule has 21 heavy (non-hydrogen) atoms. The second-order valence-electron chi connectivity index (χ2n) is 5.56. The third-order valence-electron chi connectivity index (χ3n) is 3.86. The zero-order valence-electron chi connectivity index (χ0n) is 12.5. The van der Waals surface area contributed by atoms with Gasteiger partial charge in [0.15, 0.2) is 5.58 Å². The fraction of sp³-hybridized carbons (Fsp3) is 0.278. The number of hydrogen-bond donors (Lipinski definition) is 1. The van der Waals surface area contributed by atoms with Crippen LogP contribution in [0.5, 0.6) is 0 Å². The highest BCUT2D eigenvalue weighted by Gasteiger charge is 2.11. The quantitative estimate of drug-likeness (QED) is 0.686. The van der Waals surface area contributed by atoms with Crippen LogP contribution in [-0.4, -0.2) is 4.98 Å². The SMILES string of the molecule is CCC[C@@H](C)c1ccc2oc(-c3ccc(N)cc3)nc2c1. The van der Waals surface area contributed by atoms with E-state index in [9.17, 15) is 0 Å². The van der Waals surface area contributed by atoms with Gasteiger partial charge in [-0.2, -0.15) is 0 Å². The smallest absolute Gasteiger partial charge is 0.227 e. The number of nitrogen functional groups attached to an aromatic ring is 1. The first kappa shape index (κ1) is 13.7. The Morgan fingerprint density at radius 1 is 1.14 bits per heavy atom. The van der Waals surface area contributed by atoms with Crippen LogP contribution in [0.2, 0.25) is 0 Å². The molecule has 108 valence electrons. The van der Waals surface area contributed by atoms with E-state index < -0.39 is 0 Å². The maximum Gasteiger partial charge on any atom is 0.227 e. The third kappa shape index (κ3) is 2.77. The summed E-state index contributed by atoms with van der Waals surface area (Å²) in [5, 5.41) is 0. The zero-order chi connectivity index (χ0) is 14.8. The number of nitrogens with two attached hydrogens (primary N) is 1. The standard InChI is InChI=1S/C18H20N2O/c1-3-4-12(2)14-7-10-17-16(11-14)20-18(21-17)13-5-8-15(19)9-6-13/h5-12H,3-4,19H2,1-2H3/t12-/m1/s1. The Bertz CT molecular complexity index is 744. The van der Waals surface area contributed by atoms with Gasteiger partial charge in [-0.1, -0.05) is 26.3 Å². The van der Waals surface area contributed by atoms with E-state index in [1.54, 1.807) is 0 Å². The fourth-order valence-corrected chi connectivity index (χ4v) is 2.60. The van der Waals surface area contributed by atoms with Gasteiger partial charge in [-0.05, 0) is 54.3 Å². The summed E-state index contributed by atoms with van der Waals surface area (Å²) in [6.45, 7) is 4.47. The highest BCUT2D eigenvalue weighted by atomic mass is 16.3. The van der Waals surface area contributed by atoms with Crippen LogP contribution in [0.3, 0.4) is 0 Å². The average Bonchev–Trinajstić information content (AvgIpc) is 2.91. The lowest BCUT2D eigenvalue weighted by Crippen LogP contribution is -1.92. The second kappa shape index (κ2) is 5.60. The molecule has 0 radical (unpaired) electrons. The second-order valence-corrected chi connectivity index (χ2v) is 5.56. The summed E-state index contributed by atoms with van der Waals surface area (Å²) in [7, 11) is 0. The molecular weight excluding hydrogens is 260 g/mol. The Morgan fingerprint density at radius 3 is 2.62 bits per heavy atom. The van der Waals surface area contributed by atoms with Gasteiger partial charge in [0.05, 0.1) is 0 Å². The van der Waals surface area contributed by atoms with Crippen LogP contribution in [0.25, 0.3) is 22.6 Å². The molecule has 0 aliphatic carbocycles. The molecule has 3 aromatic rings. The van der Waals surface area contributed by atoms with Gasteiger partial charge in [-0.15, -0.1) is 0 Å². The lowest BCUT2D eigenvalue weighted by Gasteiger charge is -2.09. The molecule has 0 saturated carbocycles. The van der Waals surface area contributed by atoms with Crippen molar-refractivity contribution < 1.29 is 4.42 Å². The van der Waals surface area contributed by atoms with Crippen molar-refractivity contribution in [1.29, 1.82) is 0 Å². The topological polar surface area (TPSA) is 52.0 Å². The molecule has 1 atom stereocenters. The van der Waals surface area contributed by atoms with Gasteiger partial charge in [-0.3, -0.25) is 0 Å². The molecule has 0 fully saturated rings. The van der Waals surface area contributed by atoms with Crippen LogP contribution in [-0.2, 0) is 0 Å². The van der Waals surface area contributed by atoms with E-state index in [-0.39, 0.29) is 0 Å². The van der Waals surface area contributed by atoms with Crippen molar-refractivity contribution in [1.82, 2.24) is 4.98 Å². The maximum atomic E-state index is 5.84. The fourth-order valence-electron chi connectivity index (χ4n) is 2.60. The lowest BCUT2D eigenvalue weighted by atomic mass is 9.96. The first-order chi connectivity index (χ1) is 10.2. The van der Waals surface area contributed by atoms with E-state index in [0.29, 0.717) is 11.8 Å². The van der Waals surface area contributed by atoms with E-state index in [0.717, 1.165) is 22.4 Å². The van der Waals surface area contributed by atoms with E-state index >= 15 is 0 Å². The van der Waals surface area contributed by atoms with E-state index in [1.807, 2.05) is 30.3 Å². The molecule has 0 aliphatic rings. The van der Waals surface area contributed by atoms with Crippen LogP contribution < -0.4 is 5.73 Å². The van der Waals surface area contributed by atoms with Crippen LogP contribution >= 0.6 is 0 Å². The normalized spacial score (nSPS) is 12.7. The lowest BCUT2D eigenvalue weighted by molar-refractivity contribution is 0.619. The summed E-state index contributed by atoms with van der Waals surface area (Å²) in [6, 6.07) is 13.9. The Morgan fingerprint density at radius 2 is 1.90 bits per heavy atom. The van der Waals surface area contributed by atoms with Gasteiger partial charge in [-0.25, -0.2) is 4.98 Å². The monoisotopic (exact) mass is 280 g/mol. The Hall–Kier alpha value is -2.29. The van der Waals surface area contributed by atoms with Crippen LogP contribution in [0, 0.1) is 0 Å². The first-order valence-electron chi connectivity index (χ1n) is 7.43. The Labute approximate surface area is 124 Å². The minimum absolute atomic E-state index is 0.552. The van der Waals surface area contributed by atoms with Crippen molar-refractivity contribution in [3.8, 4) is 11.5 Å². The van der Waals surface area contributed by atoms with Gasteiger partial charge >= 0.3 is 0 Å². The highest BCUT2D eigenvalue weighted by molar-refractivity contribution is 5.77. The number of rotatable bonds is 4. The number of oxazole rings is 1. The van der Waals surface area contributed by atoms with Crippen LogP contribution in [0.4, 0.5) is 5.69 Å². The van der Waals surface area contributed by atoms with E-state index in [1.165, 1.54) is 18.4 Å². The summed E-state index contributed by atoms with van der Waals surface area (Å²) in [4.78, 5) is 4.61. The molecule has 0 spiro atoms. The van der Waals surface area contributed by atoms with Crippen molar-refractivity contribution in [2.75, 3.05) is 5.73 Å².